The van der Waals surface area contributed by atoms with E-state index in [2.05, 4.69) is 22.3 Å². The molecule has 6 rings (SSSR count). The van der Waals surface area contributed by atoms with Gasteiger partial charge in [-0.2, -0.15) is 0 Å². The standard InChI is InChI=1S/C35H36Cl2N2O5/c36-27-13-15-31(41-17-7-10-25-8-3-1-4-9-25)33(18-27)43-30-22-39(23-30)35(24-40,26-11-5-2-6-12-26)44-32-16-14-28(37)19-34(32)42-29-20-38-21-29/h1-6,8-9,11-16,18-19,29-30,38,40H,7,10,17,20-24H2. The van der Waals surface area contributed by atoms with Crippen LogP contribution in [0.25, 0.3) is 0 Å². The van der Waals surface area contributed by atoms with Gasteiger partial charge in [0.15, 0.2) is 23.0 Å². The molecule has 9 heteroatoms. The molecular formula is C35H36Cl2N2O5. The maximum atomic E-state index is 10.9. The minimum Gasteiger partial charge on any atom is -0.490 e. The van der Waals surface area contributed by atoms with Crippen molar-refractivity contribution >= 4 is 23.2 Å². The lowest BCUT2D eigenvalue weighted by molar-refractivity contribution is -0.180. The van der Waals surface area contributed by atoms with Crippen molar-refractivity contribution in [2.75, 3.05) is 39.4 Å². The van der Waals surface area contributed by atoms with Gasteiger partial charge >= 0.3 is 0 Å². The van der Waals surface area contributed by atoms with Gasteiger partial charge < -0.3 is 29.4 Å². The van der Waals surface area contributed by atoms with Crippen molar-refractivity contribution in [3.8, 4) is 23.0 Å². The summed E-state index contributed by atoms with van der Waals surface area (Å²) < 4.78 is 25.4. The Labute approximate surface area is 268 Å². The molecular weight excluding hydrogens is 599 g/mol. The highest BCUT2D eigenvalue weighted by atomic mass is 35.5. The smallest absolute Gasteiger partial charge is 0.213 e. The minimum atomic E-state index is -1.17. The van der Waals surface area contributed by atoms with Gasteiger partial charge in [0.2, 0.25) is 5.72 Å². The quantitative estimate of drug-likeness (QED) is 0.157. The topological polar surface area (TPSA) is 72.4 Å². The fourth-order valence-corrected chi connectivity index (χ4v) is 5.70. The van der Waals surface area contributed by atoms with Crippen molar-refractivity contribution in [2.45, 2.75) is 30.8 Å². The second kappa shape index (κ2) is 14.1. The van der Waals surface area contributed by atoms with Gasteiger partial charge in [-0.15, -0.1) is 0 Å². The number of hydrogen-bond acceptors (Lipinski definition) is 7. The lowest BCUT2D eigenvalue weighted by atomic mass is 9.96. The molecule has 4 aromatic carbocycles. The molecule has 0 saturated carbocycles. The van der Waals surface area contributed by atoms with Crippen LogP contribution in [0.4, 0.5) is 0 Å². The van der Waals surface area contributed by atoms with Crippen LogP contribution >= 0.6 is 23.2 Å². The molecule has 1 atom stereocenters. The number of rotatable bonds is 14. The van der Waals surface area contributed by atoms with E-state index in [9.17, 15) is 5.11 Å². The van der Waals surface area contributed by atoms with Gasteiger partial charge in [0.05, 0.1) is 6.61 Å². The lowest BCUT2D eigenvalue weighted by Gasteiger charge is -2.50. The van der Waals surface area contributed by atoms with Crippen LogP contribution in [0.1, 0.15) is 17.5 Å². The Morgan fingerprint density at radius 1 is 0.750 bits per heavy atom. The van der Waals surface area contributed by atoms with Crippen LogP contribution in [0.5, 0.6) is 23.0 Å². The Balaban J connectivity index is 1.16. The molecule has 1 unspecified atom stereocenters. The summed E-state index contributed by atoms with van der Waals surface area (Å²) in [6, 6.07) is 30.8. The molecule has 2 aliphatic rings. The van der Waals surface area contributed by atoms with E-state index in [4.69, 9.17) is 42.1 Å². The summed E-state index contributed by atoms with van der Waals surface area (Å²) in [5, 5.41) is 15.3. The van der Waals surface area contributed by atoms with Gasteiger partial charge in [0.25, 0.3) is 0 Å². The molecule has 0 aromatic heterocycles. The average Bonchev–Trinajstić information content (AvgIpc) is 3.00. The second-order valence-corrected chi connectivity index (χ2v) is 11.9. The molecule has 0 spiro atoms. The number of benzene rings is 4. The molecule has 2 saturated heterocycles. The predicted octanol–water partition coefficient (Wildman–Crippen LogP) is 6.34. The van der Waals surface area contributed by atoms with Gasteiger partial charge in [0, 0.05) is 53.9 Å². The molecule has 0 radical (unpaired) electrons. The van der Waals surface area contributed by atoms with E-state index in [1.54, 1.807) is 30.3 Å². The second-order valence-electron chi connectivity index (χ2n) is 11.1. The van der Waals surface area contributed by atoms with Crippen LogP contribution in [0.15, 0.2) is 97.1 Å². The molecule has 2 fully saturated rings. The number of aliphatic hydroxyl groups excluding tert-OH is 1. The van der Waals surface area contributed by atoms with E-state index in [0.29, 0.717) is 52.7 Å². The zero-order valence-corrected chi connectivity index (χ0v) is 25.8. The normalized spacial score (nSPS) is 16.8. The Hall–Kier alpha value is -3.46. The van der Waals surface area contributed by atoms with Crippen LogP contribution in [0.2, 0.25) is 10.0 Å². The minimum absolute atomic E-state index is 0.0327. The summed E-state index contributed by atoms with van der Waals surface area (Å²) in [4.78, 5) is 2.07. The van der Waals surface area contributed by atoms with Gasteiger partial charge in [0.1, 0.15) is 18.8 Å². The van der Waals surface area contributed by atoms with Crippen molar-refractivity contribution in [3.63, 3.8) is 0 Å². The summed E-state index contributed by atoms with van der Waals surface area (Å²) in [5.74, 6) is 2.30. The average molecular weight is 636 g/mol. The Morgan fingerprint density at radius 2 is 1.36 bits per heavy atom. The van der Waals surface area contributed by atoms with E-state index < -0.39 is 5.72 Å². The third-order valence-corrected chi connectivity index (χ3v) is 8.40. The first kappa shape index (κ1) is 30.6. The van der Waals surface area contributed by atoms with Crippen LogP contribution in [0.3, 0.4) is 0 Å². The van der Waals surface area contributed by atoms with Crippen molar-refractivity contribution in [2.24, 2.45) is 0 Å². The van der Waals surface area contributed by atoms with Crippen LogP contribution in [-0.4, -0.2) is 61.6 Å². The third-order valence-electron chi connectivity index (χ3n) is 7.93. The molecule has 44 heavy (non-hydrogen) atoms. The summed E-state index contributed by atoms with van der Waals surface area (Å²) in [6.07, 6.45) is 1.68. The number of aliphatic hydroxyl groups is 1. The van der Waals surface area contributed by atoms with Gasteiger partial charge in [-0.1, -0.05) is 83.9 Å². The summed E-state index contributed by atoms with van der Waals surface area (Å²) in [6.45, 7) is 2.79. The van der Waals surface area contributed by atoms with Crippen molar-refractivity contribution in [1.29, 1.82) is 0 Å². The van der Waals surface area contributed by atoms with E-state index >= 15 is 0 Å². The monoisotopic (exact) mass is 634 g/mol. The van der Waals surface area contributed by atoms with E-state index in [1.165, 1.54) is 5.56 Å². The Morgan fingerprint density at radius 3 is 2.00 bits per heavy atom. The number of hydrogen-bond donors (Lipinski definition) is 2. The first-order chi connectivity index (χ1) is 21.5. The van der Waals surface area contributed by atoms with E-state index in [0.717, 1.165) is 31.5 Å². The summed E-state index contributed by atoms with van der Waals surface area (Å²) in [5.41, 5.74) is 0.927. The van der Waals surface area contributed by atoms with Crippen LogP contribution < -0.4 is 24.3 Å². The van der Waals surface area contributed by atoms with Gasteiger partial charge in [-0.25, -0.2) is 0 Å². The fourth-order valence-electron chi connectivity index (χ4n) is 5.38. The Bertz CT molecular complexity index is 1520. The number of ether oxygens (including phenoxy) is 4. The predicted molar refractivity (Wildman–Crippen MR) is 172 cm³/mol. The van der Waals surface area contributed by atoms with E-state index in [-0.39, 0.29) is 18.8 Å². The Kier molecular flexibility index (Phi) is 9.79. The third kappa shape index (κ3) is 7.09. The maximum Gasteiger partial charge on any atom is 0.213 e. The molecule has 0 aliphatic carbocycles. The largest absolute Gasteiger partial charge is 0.490 e. The number of nitrogens with zero attached hydrogens (tertiary/aromatic N) is 1. The highest BCUT2D eigenvalue weighted by Crippen LogP contribution is 2.41. The highest BCUT2D eigenvalue weighted by molar-refractivity contribution is 6.31. The maximum absolute atomic E-state index is 10.9. The van der Waals surface area contributed by atoms with Crippen LogP contribution in [0, 0.1) is 0 Å². The molecule has 4 aromatic rings. The molecule has 0 bridgehead atoms. The van der Waals surface area contributed by atoms with E-state index in [1.807, 2.05) is 54.6 Å². The zero-order chi connectivity index (χ0) is 30.4. The number of nitrogens with one attached hydrogen (secondary N) is 1. The highest BCUT2D eigenvalue weighted by Gasteiger charge is 2.48. The first-order valence-electron chi connectivity index (χ1n) is 14.9. The summed E-state index contributed by atoms with van der Waals surface area (Å²) >= 11 is 12.7. The number of halogens is 2. The number of likely N-dealkylation sites (tertiary alicyclic amines) is 1. The number of aryl methyl sites for hydroxylation is 1. The molecule has 230 valence electrons. The van der Waals surface area contributed by atoms with Crippen molar-refractivity contribution in [1.82, 2.24) is 10.2 Å². The lowest BCUT2D eigenvalue weighted by Crippen LogP contribution is -2.66. The SMILES string of the molecule is OCC(Oc1ccc(Cl)cc1OC1CNC1)(c1ccccc1)N1CC(Oc2cc(Cl)ccc2OCCCc2ccccc2)C1. The van der Waals surface area contributed by atoms with Gasteiger partial charge in [-0.05, 0) is 42.7 Å². The zero-order valence-electron chi connectivity index (χ0n) is 24.3. The van der Waals surface area contributed by atoms with Gasteiger partial charge in [-0.3, -0.25) is 4.90 Å². The van der Waals surface area contributed by atoms with Crippen LogP contribution in [-0.2, 0) is 12.1 Å². The molecule has 2 aliphatic heterocycles. The fraction of sp³-hybridized carbons (Fsp3) is 0.314. The molecule has 0 amide bonds. The van der Waals surface area contributed by atoms with Crippen molar-refractivity contribution < 1.29 is 24.1 Å². The molecule has 2 N–H and O–H groups in total. The first-order valence-corrected chi connectivity index (χ1v) is 15.7. The summed E-state index contributed by atoms with van der Waals surface area (Å²) in [7, 11) is 0. The van der Waals surface area contributed by atoms with Crippen molar-refractivity contribution in [3.05, 3.63) is 118 Å². The molecule has 2 heterocycles. The molecule has 7 nitrogen and oxygen atoms in total.